The number of nitrogens with zero attached hydrogens (tertiary/aromatic N) is 2. The minimum Gasteiger partial charge on any atom is -0.254 e. The summed E-state index contributed by atoms with van der Waals surface area (Å²) in [5.41, 5.74) is 1.95. The van der Waals surface area contributed by atoms with E-state index in [4.69, 9.17) is 0 Å². The molecule has 0 aliphatic rings. The van der Waals surface area contributed by atoms with Gasteiger partial charge in [0.25, 0.3) is 0 Å². The number of pyridine rings is 2. The van der Waals surface area contributed by atoms with Crippen LogP contribution in [0.25, 0.3) is 21.8 Å². The monoisotopic (exact) mass is 412 g/mol. The second kappa shape index (κ2) is 6.76. The zero-order chi connectivity index (χ0) is 18.9. The van der Waals surface area contributed by atoms with Crippen LogP contribution in [0.4, 0.5) is 30.7 Å². The molecule has 0 aliphatic carbocycles. The molecule has 10 heteroatoms. The van der Waals surface area contributed by atoms with Crippen molar-refractivity contribution in [2.75, 3.05) is 0 Å². The number of halogens is 7. The van der Waals surface area contributed by atoms with E-state index >= 15 is 0 Å². The van der Waals surface area contributed by atoms with Gasteiger partial charge in [-0.05, 0) is 12.1 Å². The first-order valence-corrected chi connectivity index (χ1v) is 6.98. The Morgan fingerprint density at radius 3 is 1.28 bits per heavy atom. The Hall–Kier alpha value is -1.93. The first-order valence-electron chi connectivity index (χ1n) is 6.51. The average molecular weight is 413 g/mol. The van der Waals surface area contributed by atoms with Gasteiger partial charge in [-0.25, -0.2) is 0 Å². The number of fused-ring (bicyclic) bond motifs is 3. The summed E-state index contributed by atoms with van der Waals surface area (Å²) in [5.74, 6) is 0. The molecule has 0 spiro atoms. The van der Waals surface area contributed by atoms with Crippen molar-refractivity contribution in [3.63, 3.8) is 0 Å². The van der Waals surface area contributed by atoms with Crippen molar-refractivity contribution in [2.24, 2.45) is 0 Å². The molecule has 0 N–H and O–H groups in total. The number of aromatic nitrogens is 2. The molecule has 2 nitrogen and oxygen atoms in total. The summed E-state index contributed by atoms with van der Waals surface area (Å²) in [7, 11) is 0. The molecule has 3 aromatic rings. The minimum atomic E-state index is -6.11. The summed E-state index contributed by atoms with van der Waals surface area (Å²) in [5, 5.41) is 2.28. The molecule has 0 amide bonds. The molecule has 2 heterocycles. The van der Waals surface area contributed by atoms with Crippen molar-refractivity contribution in [2.45, 2.75) is 16.9 Å². The third kappa shape index (κ3) is 4.01. The van der Waals surface area contributed by atoms with Gasteiger partial charge in [0.05, 0.1) is 11.0 Å². The molecule has 0 atom stereocenters. The van der Waals surface area contributed by atoms with Gasteiger partial charge in [-0.15, -0.1) is 0 Å². The summed E-state index contributed by atoms with van der Waals surface area (Å²) >= 11 is 2.86. The van der Waals surface area contributed by atoms with Crippen molar-refractivity contribution >= 4 is 21.8 Å². The second-order valence-corrected chi connectivity index (χ2v) is 5.38. The van der Waals surface area contributed by atoms with E-state index < -0.39 is 16.9 Å². The molecular weight excluding hydrogens is 405 g/mol. The smallest absolute Gasteiger partial charge is 0.0964 e. The summed E-state index contributed by atoms with van der Waals surface area (Å²) in [4.78, 5) is 8.69. The van der Waals surface area contributed by atoms with E-state index in [1.165, 1.54) is 0 Å². The van der Waals surface area contributed by atoms with Gasteiger partial charge in [-0.1, -0.05) is 24.3 Å². The van der Waals surface area contributed by atoms with Crippen LogP contribution in [-0.4, -0.2) is 26.9 Å². The summed E-state index contributed by atoms with van der Waals surface area (Å²) < 4.78 is 72.8. The topological polar surface area (TPSA) is 25.8 Å². The predicted molar refractivity (Wildman–Crippen MR) is 73.0 cm³/mol. The van der Waals surface area contributed by atoms with E-state index in [2.05, 4.69) is 50.2 Å². The van der Waals surface area contributed by atoms with Crippen molar-refractivity contribution < 1.29 is 46.7 Å². The average Bonchev–Trinajstić information content (AvgIpc) is 2.53. The largest absolute Gasteiger partial charge is 0.254 e. The third-order valence-corrected chi connectivity index (χ3v) is 3.55. The van der Waals surface area contributed by atoms with Crippen molar-refractivity contribution in [1.82, 2.24) is 9.97 Å². The number of alkyl halides is 7. The fourth-order valence-electron chi connectivity index (χ4n) is 1.84. The van der Waals surface area contributed by atoms with Crippen LogP contribution in [0, 0.1) is 0 Å². The van der Waals surface area contributed by atoms with E-state index in [1.54, 1.807) is 12.4 Å². The van der Waals surface area contributed by atoms with Gasteiger partial charge in [0.2, 0.25) is 0 Å². The summed E-state index contributed by atoms with van der Waals surface area (Å²) in [6, 6.07) is 12.1. The number of hydrogen-bond acceptors (Lipinski definition) is 2. The Balaban J connectivity index is 0.000000188. The standard InChI is InChI=1S/C12H8N2.C3F7.Cu/c1-3-9-5-6-10-4-2-8-14-12(10)11(9)13-7-1;4-1(2(5,6)7)3(8,9)10;/h1-8H;;. The van der Waals surface area contributed by atoms with Gasteiger partial charge in [0.1, 0.15) is 0 Å². The zero-order valence-corrected chi connectivity index (χ0v) is 12.9. The van der Waals surface area contributed by atoms with E-state index in [0.29, 0.717) is 0 Å². The first kappa shape index (κ1) is 19.4. The van der Waals surface area contributed by atoms with Crippen LogP contribution in [0.1, 0.15) is 0 Å². The quantitative estimate of drug-likeness (QED) is 0.291. The molecule has 0 aliphatic heterocycles. The molecule has 0 saturated heterocycles. The Kier molecular flexibility index (Phi) is 5.24. The van der Waals surface area contributed by atoms with Gasteiger partial charge >= 0.3 is 63.7 Å². The van der Waals surface area contributed by atoms with Gasteiger partial charge < -0.3 is 0 Å². The normalized spacial score (nSPS) is 12.8. The molecule has 0 radical (unpaired) electrons. The van der Waals surface area contributed by atoms with Crippen LogP contribution < -0.4 is 0 Å². The molecule has 2 aromatic heterocycles. The van der Waals surface area contributed by atoms with Crippen molar-refractivity contribution in [3.05, 3.63) is 48.8 Å². The number of rotatable bonds is 0. The molecule has 3 rings (SSSR count). The maximum absolute atomic E-state index is 11.7. The van der Waals surface area contributed by atoms with Crippen molar-refractivity contribution in [1.29, 1.82) is 0 Å². The molecule has 0 unspecified atom stereocenters. The van der Waals surface area contributed by atoms with Crippen LogP contribution >= 0.6 is 0 Å². The maximum atomic E-state index is 11.7. The Morgan fingerprint density at radius 2 is 1.00 bits per heavy atom. The molecule has 0 saturated carbocycles. The van der Waals surface area contributed by atoms with E-state index in [9.17, 15) is 30.7 Å². The summed E-state index contributed by atoms with van der Waals surface area (Å²) in [6.45, 7) is 0. The Labute approximate surface area is 144 Å². The van der Waals surface area contributed by atoms with Crippen LogP contribution in [0.5, 0.6) is 0 Å². The van der Waals surface area contributed by atoms with Crippen molar-refractivity contribution in [3.8, 4) is 0 Å². The van der Waals surface area contributed by atoms with Gasteiger partial charge in [-0.2, -0.15) is 0 Å². The minimum absolute atomic E-state index is 0.977. The first-order chi connectivity index (χ1) is 11.4. The van der Waals surface area contributed by atoms with Crippen LogP contribution in [-0.2, 0) is 16.0 Å². The van der Waals surface area contributed by atoms with Crippen LogP contribution in [0.3, 0.4) is 0 Å². The van der Waals surface area contributed by atoms with E-state index in [-0.39, 0.29) is 0 Å². The summed E-state index contributed by atoms with van der Waals surface area (Å²) in [6.07, 6.45) is -8.61. The third-order valence-electron chi connectivity index (χ3n) is 3.01. The van der Waals surface area contributed by atoms with Gasteiger partial charge in [0.15, 0.2) is 0 Å². The van der Waals surface area contributed by atoms with E-state index in [0.717, 1.165) is 21.8 Å². The predicted octanol–water partition coefficient (Wildman–Crippen LogP) is 5.11. The van der Waals surface area contributed by atoms with Crippen LogP contribution in [0.2, 0.25) is 0 Å². The molecular formula is C15H8CuF7N2. The Bertz CT molecular complexity index is 804. The SMILES string of the molecule is FC(F)(F)[C](F)([Cu])C(F)(F)F.c1cnc2c(c1)ccc1cccnc12. The van der Waals surface area contributed by atoms with E-state index in [1.807, 2.05) is 12.1 Å². The molecule has 0 bridgehead atoms. The maximum Gasteiger partial charge on any atom is 0.0964 e. The molecule has 0 fully saturated rings. The fraction of sp³-hybridized carbons (Fsp3) is 0.200. The second-order valence-electron chi connectivity index (χ2n) is 4.73. The molecule has 1 aromatic carbocycles. The van der Waals surface area contributed by atoms with Gasteiger partial charge in [0, 0.05) is 23.2 Å². The molecule has 25 heavy (non-hydrogen) atoms. The van der Waals surface area contributed by atoms with Gasteiger partial charge in [-0.3, -0.25) is 9.97 Å². The fourth-order valence-corrected chi connectivity index (χ4v) is 1.84. The number of hydrogen-bond donors (Lipinski definition) is 0. The Morgan fingerprint density at radius 1 is 0.640 bits per heavy atom. The van der Waals surface area contributed by atoms with Crippen LogP contribution in [0.15, 0.2) is 48.8 Å². The number of benzene rings is 1. The zero-order valence-electron chi connectivity index (χ0n) is 12.0. The molecule has 138 valence electrons.